The number of hydrogen-bond acceptors (Lipinski definition) is 2. The third kappa shape index (κ3) is 2.22. The zero-order chi connectivity index (χ0) is 9.03. The van der Waals surface area contributed by atoms with Crippen LogP contribution in [0.15, 0.2) is 0 Å². The maximum atomic E-state index is 8.57. The third-order valence-corrected chi connectivity index (χ3v) is 2.84. The Morgan fingerprint density at radius 3 is 2.58 bits per heavy atom. The van der Waals surface area contributed by atoms with Crippen molar-refractivity contribution < 1.29 is 0 Å². The summed E-state index contributed by atoms with van der Waals surface area (Å²) in [4.78, 5) is 0. The number of nitrogens with zero attached hydrogens (tertiary/aromatic N) is 1. The van der Waals surface area contributed by atoms with Gasteiger partial charge in [-0.15, -0.1) is 0 Å². The van der Waals surface area contributed by atoms with E-state index in [-0.39, 0.29) is 0 Å². The molecule has 0 radical (unpaired) electrons. The molecule has 2 nitrogen and oxygen atoms in total. The van der Waals surface area contributed by atoms with Crippen LogP contribution in [0.25, 0.3) is 0 Å². The van der Waals surface area contributed by atoms with Crippen molar-refractivity contribution in [1.82, 2.24) is 5.32 Å². The fraction of sp³-hybridized carbons (Fsp3) is 0.900. The molecule has 0 spiro atoms. The highest BCUT2D eigenvalue weighted by molar-refractivity contribution is 4.95. The molecule has 12 heavy (non-hydrogen) atoms. The Labute approximate surface area is 75.0 Å². The first-order valence-electron chi connectivity index (χ1n) is 4.85. The molecule has 0 aromatic heterocycles. The topological polar surface area (TPSA) is 35.8 Å². The van der Waals surface area contributed by atoms with Gasteiger partial charge >= 0.3 is 0 Å². The van der Waals surface area contributed by atoms with Crippen molar-refractivity contribution in [2.75, 3.05) is 0 Å². The van der Waals surface area contributed by atoms with Gasteiger partial charge in [0.1, 0.15) is 0 Å². The Balaban J connectivity index is 2.31. The van der Waals surface area contributed by atoms with Gasteiger partial charge < -0.3 is 5.32 Å². The molecule has 1 unspecified atom stereocenters. The lowest BCUT2D eigenvalue weighted by atomic mass is 9.78. The van der Waals surface area contributed by atoms with Gasteiger partial charge in [0.15, 0.2) is 0 Å². The summed E-state index contributed by atoms with van der Waals surface area (Å²) in [5.41, 5.74) is 0.345. The van der Waals surface area contributed by atoms with Crippen LogP contribution in [0.5, 0.6) is 0 Å². The molecule has 1 rings (SSSR count). The molecular formula is C10H18N2. The summed E-state index contributed by atoms with van der Waals surface area (Å²) in [5.74, 6) is 0. The first-order valence-corrected chi connectivity index (χ1v) is 4.85. The predicted octanol–water partition coefficient (Wildman–Crippen LogP) is 2.21. The molecule has 0 aromatic carbocycles. The second-order valence-corrected chi connectivity index (χ2v) is 4.03. The van der Waals surface area contributed by atoms with Crippen LogP contribution < -0.4 is 5.32 Å². The van der Waals surface area contributed by atoms with Crippen molar-refractivity contribution in [1.29, 1.82) is 5.26 Å². The van der Waals surface area contributed by atoms with E-state index in [0.29, 0.717) is 18.0 Å². The standard InChI is InChI=1S/C10H18N2/c1-3-9(5-8-11)12-10(2)6-4-7-10/h9,12H,3-7H2,1-2H3. The summed E-state index contributed by atoms with van der Waals surface area (Å²) in [6.45, 7) is 4.40. The van der Waals surface area contributed by atoms with Crippen molar-refractivity contribution in [2.45, 2.75) is 57.5 Å². The van der Waals surface area contributed by atoms with E-state index in [4.69, 9.17) is 5.26 Å². The minimum atomic E-state index is 0.345. The lowest BCUT2D eigenvalue weighted by Crippen LogP contribution is -2.52. The molecule has 1 aliphatic rings. The molecule has 1 saturated carbocycles. The molecule has 2 heteroatoms. The second-order valence-electron chi connectivity index (χ2n) is 4.03. The normalized spacial score (nSPS) is 22.4. The largest absolute Gasteiger partial charge is 0.308 e. The lowest BCUT2D eigenvalue weighted by molar-refractivity contribution is 0.183. The van der Waals surface area contributed by atoms with Gasteiger partial charge in [-0.05, 0) is 32.6 Å². The monoisotopic (exact) mass is 166 g/mol. The zero-order valence-electron chi connectivity index (χ0n) is 8.06. The van der Waals surface area contributed by atoms with Crippen LogP contribution in [0.3, 0.4) is 0 Å². The molecule has 1 N–H and O–H groups in total. The smallest absolute Gasteiger partial charge is 0.0638 e. The van der Waals surface area contributed by atoms with Crippen LogP contribution in [-0.4, -0.2) is 11.6 Å². The second kappa shape index (κ2) is 3.91. The van der Waals surface area contributed by atoms with Gasteiger partial charge in [0.05, 0.1) is 12.5 Å². The Morgan fingerprint density at radius 1 is 1.58 bits per heavy atom. The van der Waals surface area contributed by atoms with E-state index < -0.39 is 0 Å². The molecule has 1 atom stereocenters. The Bertz CT molecular complexity index is 177. The van der Waals surface area contributed by atoms with Crippen molar-refractivity contribution in [3.63, 3.8) is 0 Å². The summed E-state index contributed by atoms with van der Waals surface area (Å²) in [7, 11) is 0. The molecule has 1 aliphatic carbocycles. The lowest BCUT2D eigenvalue weighted by Gasteiger charge is -2.42. The van der Waals surface area contributed by atoms with E-state index >= 15 is 0 Å². The highest BCUT2D eigenvalue weighted by Gasteiger charge is 2.32. The van der Waals surface area contributed by atoms with Gasteiger partial charge in [-0.2, -0.15) is 5.26 Å². The first kappa shape index (κ1) is 9.54. The van der Waals surface area contributed by atoms with Gasteiger partial charge in [0, 0.05) is 11.6 Å². The highest BCUT2D eigenvalue weighted by atomic mass is 15.0. The quantitative estimate of drug-likeness (QED) is 0.695. The minimum absolute atomic E-state index is 0.345. The van der Waals surface area contributed by atoms with E-state index in [0.717, 1.165) is 6.42 Å². The SMILES string of the molecule is CCC(CC#N)NC1(C)CCC1. The van der Waals surface area contributed by atoms with Crippen molar-refractivity contribution >= 4 is 0 Å². The van der Waals surface area contributed by atoms with E-state index in [9.17, 15) is 0 Å². The molecule has 0 aliphatic heterocycles. The number of rotatable bonds is 4. The van der Waals surface area contributed by atoms with E-state index in [1.165, 1.54) is 19.3 Å². The maximum Gasteiger partial charge on any atom is 0.0638 e. The summed E-state index contributed by atoms with van der Waals surface area (Å²) in [5, 5.41) is 12.1. The van der Waals surface area contributed by atoms with Crippen LogP contribution >= 0.6 is 0 Å². The molecule has 0 bridgehead atoms. The average Bonchev–Trinajstić information content (AvgIpc) is 2.01. The Kier molecular flexibility index (Phi) is 3.11. The third-order valence-electron chi connectivity index (χ3n) is 2.84. The van der Waals surface area contributed by atoms with Crippen LogP contribution in [-0.2, 0) is 0 Å². The van der Waals surface area contributed by atoms with Gasteiger partial charge in [-0.1, -0.05) is 6.92 Å². The molecule has 68 valence electrons. The number of nitrogens with one attached hydrogen (secondary N) is 1. The fourth-order valence-corrected chi connectivity index (χ4v) is 1.75. The predicted molar refractivity (Wildman–Crippen MR) is 49.7 cm³/mol. The molecule has 0 aromatic rings. The van der Waals surface area contributed by atoms with Crippen LogP contribution in [0.2, 0.25) is 0 Å². The van der Waals surface area contributed by atoms with Crippen LogP contribution in [0, 0.1) is 11.3 Å². The van der Waals surface area contributed by atoms with Crippen molar-refractivity contribution in [3.8, 4) is 6.07 Å². The van der Waals surface area contributed by atoms with Crippen LogP contribution in [0.1, 0.15) is 46.0 Å². The molecular weight excluding hydrogens is 148 g/mol. The summed E-state index contributed by atoms with van der Waals surface area (Å²) in [6.07, 6.45) is 5.59. The van der Waals surface area contributed by atoms with Gasteiger partial charge in [0.2, 0.25) is 0 Å². The Hall–Kier alpha value is -0.550. The molecule has 0 saturated heterocycles. The maximum absolute atomic E-state index is 8.57. The number of hydrogen-bond donors (Lipinski definition) is 1. The molecule has 0 heterocycles. The summed E-state index contributed by atoms with van der Waals surface area (Å²) in [6, 6.07) is 2.63. The van der Waals surface area contributed by atoms with Crippen LogP contribution in [0.4, 0.5) is 0 Å². The van der Waals surface area contributed by atoms with E-state index in [1.807, 2.05) is 0 Å². The van der Waals surface area contributed by atoms with E-state index in [2.05, 4.69) is 25.2 Å². The van der Waals surface area contributed by atoms with Crippen molar-refractivity contribution in [3.05, 3.63) is 0 Å². The van der Waals surface area contributed by atoms with Crippen molar-refractivity contribution in [2.24, 2.45) is 0 Å². The molecule has 0 amide bonds. The summed E-state index contributed by atoms with van der Waals surface area (Å²) >= 11 is 0. The van der Waals surface area contributed by atoms with Gasteiger partial charge in [-0.3, -0.25) is 0 Å². The van der Waals surface area contributed by atoms with Gasteiger partial charge in [-0.25, -0.2) is 0 Å². The first-order chi connectivity index (χ1) is 5.70. The average molecular weight is 166 g/mol. The fourth-order valence-electron chi connectivity index (χ4n) is 1.75. The Morgan fingerprint density at radius 2 is 2.25 bits per heavy atom. The zero-order valence-corrected chi connectivity index (χ0v) is 8.06. The summed E-state index contributed by atoms with van der Waals surface area (Å²) < 4.78 is 0. The van der Waals surface area contributed by atoms with Gasteiger partial charge in [0.25, 0.3) is 0 Å². The van der Waals surface area contributed by atoms with E-state index in [1.54, 1.807) is 0 Å². The highest BCUT2D eigenvalue weighted by Crippen LogP contribution is 2.31. The minimum Gasteiger partial charge on any atom is -0.308 e. The number of nitriles is 1. The molecule has 1 fully saturated rings.